The molecule has 1 aliphatic rings. The van der Waals surface area contributed by atoms with Crippen LogP contribution in [0, 0.1) is 0 Å². The second kappa shape index (κ2) is 3.55. The van der Waals surface area contributed by atoms with Crippen molar-refractivity contribution in [2.45, 2.75) is 13.0 Å². The molecule has 2 rings (SSSR count). The fourth-order valence-corrected chi connectivity index (χ4v) is 1.92. The molecule has 0 spiro atoms. The first-order chi connectivity index (χ1) is 7.17. The SMILES string of the molecule is COC1=CC(=O)c2c(cc(CO)n2C)C1. The van der Waals surface area contributed by atoms with Crippen LogP contribution in [0.5, 0.6) is 0 Å². The Hall–Kier alpha value is -1.55. The van der Waals surface area contributed by atoms with Gasteiger partial charge in [-0.2, -0.15) is 0 Å². The van der Waals surface area contributed by atoms with Crippen molar-refractivity contribution in [2.24, 2.45) is 7.05 Å². The Balaban J connectivity index is 2.49. The van der Waals surface area contributed by atoms with E-state index in [0.717, 1.165) is 11.3 Å². The Morgan fingerprint density at radius 3 is 2.93 bits per heavy atom. The maximum Gasteiger partial charge on any atom is 0.205 e. The van der Waals surface area contributed by atoms with Crippen molar-refractivity contribution in [3.8, 4) is 0 Å². The lowest BCUT2D eigenvalue weighted by molar-refractivity contribution is 0.102. The summed E-state index contributed by atoms with van der Waals surface area (Å²) in [7, 11) is 3.34. The van der Waals surface area contributed by atoms with Gasteiger partial charge < -0.3 is 14.4 Å². The van der Waals surface area contributed by atoms with Gasteiger partial charge in [-0.15, -0.1) is 0 Å². The molecular weight excluding hydrogens is 194 g/mol. The van der Waals surface area contributed by atoms with E-state index >= 15 is 0 Å². The van der Waals surface area contributed by atoms with Crippen LogP contribution in [-0.2, 0) is 24.8 Å². The van der Waals surface area contributed by atoms with Crippen LogP contribution < -0.4 is 0 Å². The number of nitrogens with zero attached hydrogens (tertiary/aromatic N) is 1. The third-order valence-corrected chi connectivity index (χ3v) is 2.73. The number of rotatable bonds is 2. The summed E-state index contributed by atoms with van der Waals surface area (Å²) in [5.41, 5.74) is 2.32. The van der Waals surface area contributed by atoms with Crippen LogP contribution in [0.25, 0.3) is 0 Å². The van der Waals surface area contributed by atoms with Gasteiger partial charge in [0.05, 0.1) is 19.4 Å². The number of ether oxygens (including phenoxy) is 1. The summed E-state index contributed by atoms with van der Waals surface area (Å²) in [4.78, 5) is 11.7. The minimum absolute atomic E-state index is 0.0565. The molecule has 0 saturated carbocycles. The van der Waals surface area contributed by atoms with Crippen LogP contribution in [0.4, 0.5) is 0 Å². The number of aromatic nitrogens is 1. The number of aliphatic hydroxyl groups is 1. The van der Waals surface area contributed by atoms with E-state index in [0.29, 0.717) is 17.9 Å². The quantitative estimate of drug-likeness (QED) is 0.780. The van der Waals surface area contributed by atoms with Crippen molar-refractivity contribution in [3.63, 3.8) is 0 Å². The maximum atomic E-state index is 11.7. The van der Waals surface area contributed by atoms with Gasteiger partial charge >= 0.3 is 0 Å². The van der Waals surface area contributed by atoms with Gasteiger partial charge in [0.15, 0.2) is 0 Å². The molecule has 0 radical (unpaired) electrons. The number of carbonyl (C=O) groups is 1. The average molecular weight is 207 g/mol. The second-order valence-corrected chi connectivity index (χ2v) is 3.58. The highest BCUT2D eigenvalue weighted by Gasteiger charge is 2.23. The first-order valence-electron chi connectivity index (χ1n) is 4.74. The van der Waals surface area contributed by atoms with E-state index in [1.165, 1.54) is 6.08 Å². The molecule has 1 aromatic heterocycles. The summed E-state index contributed by atoms with van der Waals surface area (Å²) in [6.07, 6.45) is 2.12. The fraction of sp³-hybridized carbons (Fsp3) is 0.364. The van der Waals surface area contributed by atoms with Gasteiger partial charge in [0.25, 0.3) is 0 Å². The van der Waals surface area contributed by atoms with Crippen LogP contribution in [0.2, 0.25) is 0 Å². The highest BCUT2D eigenvalue weighted by atomic mass is 16.5. The van der Waals surface area contributed by atoms with E-state index in [-0.39, 0.29) is 12.4 Å². The number of fused-ring (bicyclic) bond motifs is 1. The summed E-state index contributed by atoms with van der Waals surface area (Å²) >= 11 is 0. The highest BCUT2D eigenvalue weighted by Crippen LogP contribution is 2.24. The standard InChI is InChI=1S/C11H13NO3/c1-12-8(6-13)3-7-4-9(15-2)5-10(14)11(7)12/h3,5,13H,4,6H2,1-2H3. The minimum atomic E-state index is -0.0599. The van der Waals surface area contributed by atoms with Crippen molar-refractivity contribution in [3.05, 3.63) is 34.9 Å². The van der Waals surface area contributed by atoms with Crippen molar-refractivity contribution in [1.82, 2.24) is 4.57 Å². The van der Waals surface area contributed by atoms with Gasteiger partial charge in [-0.3, -0.25) is 4.79 Å². The number of aliphatic hydroxyl groups excluding tert-OH is 1. The summed E-state index contributed by atoms with van der Waals surface area (Å²) < 4.78 is 6.81. The Kier molecular flexibility index (Phi) is 2.36. The maximum absolute atomic E-state index is 11.7. The van der Waals surface area contributed by atoms with Gasteiger partial charge in [0.1, 0.15) is 5.76 Å². The number of hydrogen-bond acceptors (Lipinski definition) is 3. The molecule has 0 saturated heterocycles. The lowest BCUT2D eigenvalue weighted by Gasteiger charge is -2.13. The van der Waals surface area contributed by atoms with E-state index < -0.39 is 0 Å². The molecular formula is C11H13NO3. The zero-order valence-corrected chi connectivity index (χ0v) is 8.78. The van der Waals surface area contributed by atoms with Gasteiger partial charge in [0.2, 0.25) is 5.78 Å². The van der Waals surface area contributed by atoms with Gasteiger partial charge in [-0.1, -0.05) is 0 Å². The normalized spacial score (nSPS) is 14.9. The average Bonchev–Trinajstić information content (AvgIpc) is 2.55. The largest absolute Gasteiger partial charge is 0.501 e. The fourth-order valence-electron chi connectivity index (χ4n) is 1.92. The van der Waals surface area contributed by atoms with Crippen LogP contribution >= 0.6 is 0 Å². The summed E-state index contributed by atoms with van der Waals surface area (Å²) in [5.74, 6) is 0.609. The zero-order valence-electron chi connectivity index (χ0n) is 8.78. The Labute approximate surface area is 87.8 Å². The van der Waals surface area contributed by atoms with Crippen molar-refractivity contribution < 1.29 is 14.6 Å². The molecule has 1 aromatic rings. The Bertz CT molecular complexity index is 443. The topological polar surface area (TPSA) is 51.5 Å². The smallest absolute Gasteiger partial charge is 0.205 e. The molecule has 0 aromatic carbocycles. The molecule has 4 heteroatoms. The lowest BCUT2D eigenvalue weighted by Crippen LogP contribution is -2.13. The van der Waals surface area contributed by atoms with Crippen LogP contribution in [-0.4, -0.2) is 22.6 Å². The molecule has 0 fully saturated rings. The molecule has 15 heavy (non-hydrogen) atoms. The van der Waals surface area contributed by atoms with Gasteiger partial charge in [0, 0.05) is 25.2 Å². The summed E-state index contributed by atoms with van der Waals surface area (Å²) in [5, 5.41) is 9.10. The molecule has 1 heterocycles. The van der Waals surface area contributed by atoms with Crippen LogP contribution in [0.3, 0.4) is 0 Å². The number of allylic oxidation sites excluding steroid dienone is 2. The van der Waals surface area contributed by atoms with E-state index in [9.17, 15) is 4.79 Å². The molecule has 0 atom stereocenters. The molecule has 1 N–H and O–H groups in total. The van der Waals surface area contributed by atoms with Crippen LogP contribution in [0.1, 0.15) is 21.7 Å². The predicted octanol–water partition coefficient (Wildman–Crippen LogP) is 0.786. The predicted molar refractivity (Wildman–Crippen MR) is 54.5 cm³/mol. The molecule has 0 amide bonds. The molecule has 0 aliphatic heterocycles. The third kappa shape index (κ3) is 1.47. The monoisotopic (exact) mass is 207 g/mol. The molecule has 80 valence electrons. The van der Waals surface area contributed by atoms with E-state index in [4.69, 9.17) is 9.84 Å². The molecule has 0 unspecified atom stereocenters. The Morgan fingerprint density at radius 1 is 1.60 bits per heavy atom. The van der Waals surface area contributed by atoms with Gasteiger partial charge in [-0.25, -0.2) is 0 Å². The number of ketones is 1. The van der Waals surface area contributed by atoms with E-state index in [1.807, 2.05) is 6.07 Å². The van der Waals surface area contributed by atoms with Crippen molar-refractivity contribution in [2.75, 3.05) is 7.11 Å². The first-order valence-corrected chi connectivity index (χ1v) is 4.74. The van der Waals surface area contributed by atoms with Crippen LogP contribution in [0.15, 0.2) is 17.9 Å². The van der Waals surface area contributed by atoms with E-state index in [1.54, 1.807) is 18.7 Å². The molecule has 0 bridgehead atoms. The van der Waals surface area contributed by atoms with Crippen molar-refractivity contribution in [1.29, 1.82) is 0 Å². The van der Waals surface area contributed by atoms with Gasteiger partial charge in [-0.05, 0) is 11.6 Å². The number of methoxy groups -OCH3 is 1. The number of carbonyl (C=O) groups excluding carboxylic acids is 1. The zero-order chi connectivity index (χ0) is 11.0. The Morgan fingerprint density at radius 2 is 2.33 bits per heavy atom. The highest BCUT2D eigenvalue weighted by molar-refractivity contribution is 6.06. The molecule has 1 aliphatic carbocycles. The van der Waals surface area contributed by atoms with Crippen molar-refractivity contribution >= 4 is 5.78 Å². The summed E-state index contributed by atoms with van der Waals surface area (Å²) in [6, 6.07) is 1.85. The second-order valence-electron chi connectivity index (χ2n) is 3.58. The lowest BCUT2D eigenvalue weighted by atomic mass is 10.0. The number of hydrogen-bond donors (Lipinski definition) is 1. The summed E-state index contributed by atoms with van der Waals surface area (Å²) in [6.45, 7) is -0.0565. The molecule has 4 nitrogen and oxygen atoms in total. The first kappa shape index (κ1) is 9.98. The third-order valence-electron chi connectivity index (χ3n) is 2.73. The van der Waals surface area contributed by atoms with E-state index in [2.05, 4.69) is 0 Å². The minimum Gasteiger partial charge on any atom is -0.501 e.